The van der Waals surface area contributed by atoms with Gasteiger partial charge < -0.3 is 8.98 Å². The molecule has 0 atom stereocenters. The van der Waals surface area contributed by atoms with E-state index >= 15 is 0 Å². The van der Waals surface area contributed by atoms with Crippen molar-refractivity contribution in [2.24, 2.45) is 0 Å². The van der Waals surface area contributed by atoms with Gasteiger partial charge in [0.15, 0.2) is 22.8 Å². The van der Waals surface area contributed by atoms with Gasteiger partial charge in [-0.25, -0.2) is 4.98 Å². The Hall–Kier alpha value is -9.39. The summed E-state index contributed by atoms with van der Waals surface area (Å²) >= 11 is 0. The maximum atomic E-state index is 7.44. The Morgan fingerprint density at radius 2 is 0.667 bits per heavy atom. The average molecular weight is 882 g/mol. The minimum atomic E-state index is 0.504. The topological polar surface area (TPSA) is 61.7 Å². The zero-order valence-electron chi connectivity index (χ0n) is 37.2. The fourth-order valence-corrected chi connectivity index (χ4v) is 10.4. The summed E-state index contributed by atoms with van der Waals surface area (Å²) in [4.78, 5) is 15.9. The van der Waals surface area contributed by atoms with Gasteiger partial charge in [0.2, 0.25) is 5.95 Å². The Balaban J connectivity index is 1.04. The first-order chi connectivity index (χ1) is 34.2. The molecule has 10 aromatic carbocycles. The molecule has 322 valence electrons. The largest absolute Gasteiger partial charge is 0.452 e. The van der Waals surface area contributed by atoms with Gasteiger partial charge in [-0.15, -0.1) is 0 Å². The van der Waals surface area contributed by atoms with Crippen LogP contribution in [0.4, 0.5) is 0 Å². The van der Waals surface area contributed by atoms with Crippen LogP contribution in [-0.2, 0) is 0 Å². The molecule has 0 radical (unpaired) electrons. The SMILES string of the molecule is c1ccc(-c2ccc(-c3nc(-c4ccc(-c5ccccc5)cc4)nc(-n4c5ccccc5c5ccc6c7ccc8c9ccccc9n(-c9ccccc9-c9ccccc9)c8c7oc6c54)n3)cc2)cc1. The van der Waals surface area contributed by atoms with Crippen LogP contribution in [0.5, 0.6) is 0 Å². The van der Waals surface area contributed by atoms with Crippen LogP contribution >= 0.6 is 0 Å². The summed E-state index contributed by atoms with van der Waals surface area (Å²) in [6, 6.07) is 83.2. The van der Waals surface area contributed by atoms with E-state index in [4.69, 9.17) is 19.4 Å². The molecule has 0 unspecified atom stereocenters. The van der Waals surface area contributed by atoms with Crippen LogP contribution in [0.3, 0.4) is 0 Å². The number of nitrogens with zero attached hydrogens (tertiary/aromatic N) is 5. The third-order valence-electron chi connectivity index (χ3n) is 13.6. The van der Waals surface area contributed by atoms with Gasteiger partial charge in [-0.05, 0) is 58.1 Å². The van der Waals surface area contributed by atoms with Crippen LogP contribution in [0.2, 0.25) is 0 Å². The average Bonchev–Trinajstić information content (AvgIpc) is 4.10. The van der Waals surface area contributed by atoms with Crippen molar-refractivity contribution in [2.75, 3.05) is 0 Å². The number of furan rings is 1. The van der Waals surface area contributed by atoms with Gasteiger partial charge in [-0.3, -0.25) is 4.57 Å². The van der Waals surface area contributed by atoms with E-state index in [1.165, 1.54) is 0 Å². The molecule has 0 spiro atoms. The Morgan fingerprint density at radius 1 is 0.275 bits per heavy atom. The highest BCUT2D eigenvalue weighted by Gasteiger charge is 2.25. The standard InChI is InChI=1S/C63H39N5O/c1-4-16-40(17-5-1)42-28-32-45(33-29-42)61-64-62(46-34-30-43(31-35-46)41-18-6-2-7-19-41)66-63(65-61)68-56-27-15-12-24-49(56)51-37-39-53-52-38-36-50-48-23-11-14-26-55(48)67(57(50)59(52)69-60(53)58(51)68)54-25-13-10-22-47(54)44-20-8-3-9-21-44/h1-39H. The van der Waals surface area contributed by atoms with Crippen LogP contribution in [0, 0.1) is 0 Å². The molecule has 4 aromatic heterocycles. The second-order valence-corrected chi connectivity index (χ2v) is 17.5. The molecule has 14 aromatic rings. The molecule has 0 aliphatic carbocycles. The zero-order valence-corrected chi connectivity index (χ0v) is 37.2. The summed E-state index contributed by atoms with van der Waals surface area (Å²) in [7, 11) is 0. The van der Waals surface area contributed by atoms with E-state index in [9.17, 15) is 0 Å². The van der Waals surface area contributed by atoms with Crippen molar-refractivity contribution in [1.82, 2.24) is 24.1 Å². The Labute approximate surface area is 396 Å². The summed E-state index contributed by atoms with van der Waals surface area (Å²) in [5.41, 5.74) is 15.3. The van der Waals surface area contributed by atoms with Crippen molar-refractivity contribution in [3.05, 3.63) is 237 Å². The first kappa shape index (κ1) is 38.8. The van der Waals surface area contributed by atoms with Crippen molar-refractivity contribution in [1.29, 1.82) is 0 Å². The van der Waals surface area contributed by atoms with Crippen LogP contribution in [0.25, 0.3) is 133 Å². The van der Waals surface area contributed by atoms with Crippen molar-refractivity contribution in [3.8, 4) is 67.8 Å². The van der Waals surface area contributed by atoms with Crippen LogP contribution in [0.1, 0.15) is 0 Å². The van der Waals surface area contributed by atoms with E-state index in [0.717, 1.165) is 116 Å². The number of fused-ring (bicyclic) bond motifs is 11. The molecule has 4 heterocycles. The number of hydrogen-bond acceptors (Lipinski definition) is 4. The summed E-state index contributed by atoms with van der Waals surface area (Å²) in [5, 5.41) is 6.46. The predicted octanol–water partition coefficient (Wildman–Crippen LogP) is 16.3. The number of aromatic nitrogens is 5. The van der Waals surface area contributed by atoms with Crippen molar-refractivity contribution >= 4 is 65.6 Å². The predicted molar refractivity (Wildman–Crippen MR) is 283 cm³/mol. The molecular formula is C63H39N5O. The highest BCUT2D eigenvalue weighted by atomic mass is 16.3. The van der Waals surface area contributed by atoms with E-state index in [-0.39, 0.29) is 0 Å². The molecular weight excluding hydrogens is 843 g/mol. The molecule has 14 rings (SSSR count). The summed E-state index contributed by atoms with van der Waals surface area (Å²) in [6.07, 6.45) is 0. The molecule has 0 N–H and O–H groups in total. The Kier molecular flexibility index (Phi) is 8.79. The third-order valence-corrected chi connectivity index (χ3v) is 13.6. The van der Waals surface area contributed by atoms with Gasteiger partial charge in [0.05, 0.1) is 22.2 Å². The lowest BCUT2D eigenvalue weighted by Crippen LogP contribution is -2.06. The summed E-state index contributed by atoms with van der Waals surface area (Å²) in [5.74, 6) is 1.66. The maximum absolute atomic E-state index is 7.44. The zero-order chi connectivity index (χ0) is 45.4. The van der Waals surface area contributed by atoms with Crippen molar-refractivity contribution in [3.63, 3.8) is 0 Å². The first-order valence-electron chi connectivity index (χ1n) is 23.3. The van der Waals surface area contributed by atoms with E-state index in [2.05, 4.69) is 234 Å². The molecule has 0 aliphatic heterocycles. The van der Waals surface area contributed by atoms with Crippen molar-refractivity contribution in [2.45, 2.75) is 0 Å². The molecule has 0 saturated heterocycles. The lowest BCUT2D eigenvalue weighted by molar-refractivity contribution is 0.673. The third kappa shape index (κ3) is 6.23. The number of para-hydroxylation sites is 3. The molecule has 0 bridgehead atoms. The van der Waals surface area contributed by atoms with Crippen LogP contribution < -0.4 is 0 Å². The van der Waals surface area contributed by atoms with Gasteiger partial charge in [0.25, 0.3) is 0 Å². The van der Waals surface area contributed by atoms with E-state index in [1.54, 1.807) is 0 Å². The van der Waals surface area contributed by atoms with Crippen molar-refractivity contribution < 1.29 is 4.42 Å². The fraction of sp³-hybridized carbons (Fsp3) is 0. The Bertz CT molecular complexity index is 4170. The van der Waals surface area contributed by atoms with Gasteiger partial charge in [0.1, 0.15) is 5.52 Å². The maximum Gasteiger partial charge on any atom is 0.238 e. The summed E-state index contributed by atoms with van der Waals surface area (Å²) < 4.78 is 12.0. The monoisotopic (exact) mass is 881 g/mol. The molecule has 6 nitrogen and oxygen atoms in total. The molecule has 0 saturated carbocycles. The van der Waals surface area contributed by atoms with Crippen LogP contribution in [-0.4, -0.2) is 24.1 Å². The normalized spacial score (nSPS) is 11.8. The highest BCUT2D eigenvalue weighted by molar-refractivity contribution is 6.26. The van der Waals surface area contributed by atoms with E-state index in [0.29, 0.717) is 17.6 Å². The minimum absolute atomic E-state index is 0.504. The second kappa shape index (κ2) is 15.6. The van der Waals surface area contributed by atoms with E-state index < -0.39 is 0 Å². The molecule has 0 amide bonds. The minimum Gasteiger partial charge on any atom is -0.452 e. The Morgan fingerprint density at radius 3 is 1.20 bits per heavy atom. The number of benzene rings is 10. The van der Waals surface area contributed by atoms with E-state index in [1.807, 2.05) is 12.1 Å². The quantitative estimate of drug-likeness (QED) is 0.160. The fourth-order valence-electron chi connectivity index (χ4n) is 10.4. The highest BCUT2D eigenvalue weighted by Crippen LogP contribution is 2.45. The first-order valence-corrected chi connectivity index (χ1v) is 23.3. The molecule has 69 heavy (non-hydrogen) atoms. The summed E-state index contributed by atoms with van der Waals surface area (Å²) in [6.45, 7) is 0. The number of hydrogen-bond donors (Lipinski definition) is 0. The smallest absolute Gasteiger partial charge is 0.238 e. The second-order valence-electron chi connectivity index (χ2n) is 17.5. The van der Waals surface area contributed by atoms with Gasteiger partial charge in [-0.2, -0.15) is 9.97 Å². The van der Waals surface area contributed by atoms with Crippen LogP contribution in [0.15, 0.2) is 241 Å². The number of rotatable bonds is 7. The molecule has 0 fully saturated rings. The van der Waals surface area contributed by atoms with Gasteiger partial charge in [-0.1, -0.05) is 206 Å². The lowest BCUT2D eigenvalue weighted by Gasteiger charge is -2.14. The van der Waals surface area contributed by atoms with Gasteiger partial charge in [0, 0.05) is 49.0 Å². The molecule has 6 heteroatoms. The van der Waals surface area contributed by atoms with Gasteiger partial charge >= 0.3 is 0 Å². The lowest BCUT2D eigenvalue weighted by atomic mass is 10.0. The molecule has 0 aliphatic rings.